The summed E-state index contributed by atoms with van der Waals surface area (Å²) < 4.78 is 0. The molecule has 0 saturated heterocycles. The Morgan fingerprint density at radius 2 is 1.94 bits per heavy atom. The van der Waals surface area contributed by atoms with E-state index in [2.05, 4.69) is 43.2 Å². The van der Waals surface area contributed by atoms with Gasteiger partial charge >= 0.3 is 0 Å². The normalized spacial score (nSPS) is 14.1. The predicted octanol–water partition coefficient (Wildman–Crippen LogP) is 3.77. The van der Waals surface area contributed by atoms with Crippen molar-refractivity contribution in [2.75, 3.05) is 24.3 Å². The lowest BCUT2D eigenvalue weighted by atomic mass is 9.98. The number of nitrogens with one attached hydrogen (secondary N) is 1. The molecule has 0 amide bonds. The molecule has 1 N–H and O–H groups in total. The Hall–Kier alpha value is -1.25. The number of anilines is 2. The van der Waals surface area contributed by atoms with Crippen molar-refractivity contribution in [3.8, 4) is 0 Å². The van der Waals surface area contributed by atoms with Crippen molar-refractivity contribution in [2.45, 2.75) is 46.1 Å². The van der Waals surface area contributed by atoms with E-state index in [1.54, 1.807) is 0 Å². The molecule has 0 fully saturated rings. The highest BCUT2D eigenvalue weighted by atomic mass is 15.1. The van der Waals surface area contributed by atoms with Crippen LogP contribution in [0.5, 0.6) is 0 Å². The molecule has 102 valence electrons. The molecule has 0 aromatic carbocycles. The maximum Gasteiger partial charge on any atom is 0.128 e. The van der Waals surface area contributed by atoms with Crippen LogP contribution in [-0.4, -0.2) is 25.1 Å². The average Bonchev–Trinajstić information content (AvgIpc) is 2.38. The van der Waals surface area contributed by atoms with Gasteiger partial charge < -0.3 is 10.2 Å². The van der Waals surface area contributed by atoms with E-state index in [1.807, 2.05) is 25.2 Å². The molecule has 1 aromatic heterocycles. The highest BCUT2D eigenvalue weighted by molar-refractivity contribution is 5.48. The van der Waals surface area contributed by atoms with Crippen molar-refractivity contribution in [3.63, 3.8) is 0 Å². The second-order valence-corrected chi connectivity index (χ2v) is 5.30. The largest absolute Gasteiger partial charge is 0.381 e. The predicted molar refractivity (Wildman–Crippen MR) is 80.3 cm³/mol. The molecule has 0 aliphatic rings. The van der Waals surface area contributed by atoms with Gasteiger partial charge in [-0.05, 0) is 30.9 Å². The zero-order valence-electron chi connectivity index (χ0n) is 12.4. The molecule has 2 unspecified atom stereocenters. The zero-order chi connectivity index (χ0) is 13.5. The van der Waals surface area contributed by atoms with Crippen LogP contribution in [-0.2, 0) is 0 Å². The summed E-state index contributed by atoms with van der Waals surface area (Å²) in [6.07, 6.45) is 5.55. The molecule has 3 heteroatoms. The minimum Gasteiger partial charge on any atom is -0.381 e. The van der Waals surface area contributed by atoms with Crippen LogP contribution >= 0.6 is 0 Å². The number of rotatable bonds is 7. The van der Waals surface area contributed by atoms with E-state index in [0.717, 1.165) is 23.8 Å². The maximum absolute atomic E-state index is 4.43. The van der Waals surface area contributed by atoms with Gasteiger partial charge in [-0.25, -0.2) is 4.98 Å². The third-order valence-electron chi connectivity index (χ3n) is 3.45. The molecular formula is C15H27N3. The summed E-state index contributed by atoms with van der Waals surface area (Å²) in [5.41, 5.74) is 1.12. The monoisotopic (exact) mass is 249 g/mol. The first-order chi connectivity index (χ1) is 8.56. The van der Waals surface area contributed by atoms with E-state index in [0.29, 0.717) is 6.04 Å². The lowest BCUT2D eigenvalue weighted by Crippen LogP contribution is -2.21. The molecule has 1 rings (SSSR count). The van der Waals surface area contributed by atoms with Crippen molar-refractivity contribution >= 4 is 11.5 Å². The van der Waals surface area contributed by atoms with Crippen molar-refractivity contribution in [1.29, 1.82) is 0 Å². The van der Waals surface area contributed by atoms with Crippen LogP contribution in [0, 0.1) is 5.92 Å². The van der Waals surface area contributed by atoms with Gasteiger partial charge in [0.2, 0.25) is 0 Å². The van der Waals surface area contributed by atoms with Gasteiger partial charge in [0.05, 0.1) is 11.9 Å². The second kappa shape index (κ2) is 7.24. The van der Waals surface area contributed by atoms with Gasteiger partial charge in [-0.15, -0.1) is 0 Å². The Morgan fingerprint density at radius 1 is 1.22 bits per heavy atom. The van der Waals surface area contributed by atoms with Crippen LogP contribution in [0.1, 0.15) is 40.0 Å². The van der Waals surface area contributed by atoms with Gasteiger partial charge in [0.1, 0.15) is 5.82 Å². The van der Waals surface area contributed by atoms with E-state index in [9.17, 15) is 0 Å². The maximum atomic E-state index is 4.43. The Morgan fingerprint density at radius 3 is 2.39 bits per heavy atom. The van der Waals surface area contributed by atoms with Gasteiger partial charge in [-0.3, -0.25) is 0 Å². The second-order valence-electron chi connectivity index (χ2n) is 5.30. The van der Waals surface area contributed by atoms with E-state index in [1.165, 1.54) is 12.8 Å². The van der Waals surface area contributed by atoms with Gasteiger partial charge in [-0.1, -0.05) is 27.2 Å². The lowest BCUT2D eigenvalue weighted by Gasteiger charge is -2.21. The molecule has 1 aromatic rings. The van der Waals surface area contributed by atoms with Crippen LogP contribution in [0.2, 0.25) is 0 Å². The van der Waals surface area contributed by atoms with Crippen molar-refractivity contribution in [2.24, 2.45) is 5.92 Å². The Labute approximate surface area is 112 Å². The Bertz CT molecular complexity index is 332. The van der Waals surface area contributed by atoms with E-state index < -0.39 is 0 Å². The van der Waals surface area contributed by atoms with Gasteiger partial charge in [0, 0.05) is 20.1 Å². The van der Waals surface area contributed by atoms with E-state index in [4.69, 9.17) is 0 Å². The van der Waals surface area contributed by atoms with Gasteiger partial charge in [0.25, 0.3) is 0 Å². The fourth-order valence-electron chi connectivity index (χ4n) is 1.95. The third-order valence-corrected chi connectivity index (χ3v) is 3.45. The molecule has 0 aliphatic carbocycles. The van der Waals surface area contributed by atoms with Crippen molar-refractivity contribution in [3.05, 3.63) is 18.3 Å². The van der Waals surface area contributed by atoms with E-state index in [-0.39, 0.29) is 0 Å². The minimum absolute atomic E-state index is 0.548. The number of hydrogen-bond acceptors (Lipinski definition) is 3. The highest BCUT2D eigenvalue weighted by Crippen LogP contribution is 2.18. The fraction of sp³-hybridized carbons (Fsp3) is 0.667. The van der Waals surface area contributed by atoms with Crippen LogP contribution in [0.3, 0.4) is 0 Å². The van der Waals surface area contributed by atoms with Crippen LogP contribution in [0.15, 0.2) is 18.3 Å². The number of nitrogens with zero attached hydrogens (tertiary/aromatic N) is 2. The Kier molecular flexibility index (Phi) is 5.96. The van der Waals surface area contributed by atoms with E-state index >= 15 is 0 Å². The summed E-state index contributed by atoms with van der Waals surface area (Å²) in [4.78, 5) is 6.44. The Balaban J connectivity index is 2.59. The summed E-state index contributed by atoms with van der Waals surface area (Å²) in [5, 5.41) is 3.58. The van der Waals surface area contributed by atoms with Crippen LogP contribution in [0.4, 0.5) is 11.5 Å². The standard InChI is InChI=1S/C15H27N3/c1-6-12(3)10-13(7-2)17-14-8-9-15(16-11-14)18(4)5/h8-9,11-13,17H,6-7,10H2,1-5H3. The summed E-state index contributed by atoms with van der Waals surface area (Å²) in [6, 6.07) is 4.71. The lowest BCUT2D eigenvalue weighted by molar-refractivity contribution is 0.462. The molecule has 2 atom stereocenters. The van der Waals surface area contributed by atoms with Crippen LogP contribution < -0.4 is 10.2 Å². The van der Waals surface area contributed by atoms with Gasteiger partial charge in [-0.2, -0.15) is 0 Å². The minimum atomic E-state index is 0.548. The topological polar surface area (TPSA) is 28.2 Å². The molecule has 0 spiro atoms. The number of pyridine rings is 1. The molecule has 18 heavy (non-hydrogen) atoms. The summed E-state index contributed by atoms with van der Waals surface area (Å²) in [6.45, 7) is 6.81. The zero-order valence-corrected chi connectivity index (χ0v) is 12.4. The highest BCUT2D eigenvalue weighted by Gasteiger charge is 2.10. The summed E-state index contributed by atoms with van der Waals surface area (Å²) in [5.74, 6) is 1.77. The molecular weight excluding hydrogens is 222 g/mol. The quantitative estimate of drug-likeness (QED) is 0.797. The first kappa shape index (κ1) is 14.8. The molecule has 0 radical (unpaired) electrons. The number of hydrogen-bond donors (Lipinski definition) is 1. The summed E-state index contributed by atoms with van der Waals surface area (Å²) >= 11 is 0. The summed E-state index contributed by atoms with van der Waals surface area (Å²) in [7, 11) is 4.01. The smallest absolute Gasteiger partial charge is 0.128 e. The van der Waals surface area contributed by atoms with Gasteiger partial charge in [0.15, 0.2) is 0 Å². The van der Waals surface area contributed by atoms with Crippen molar-refractivity contribution < 1.29 is 0 Å². The average molecular weight is 249 g/mol. The fourth-order valence-corrected chi connectivity index (χ4v) is 1.95. The molecule has 0 aliphatic heterocycles. The number of aromatic nitrogens is 1. The SMILES string of the molecule is CCC(C)CC(CC)Nc1ccc(N(C)C)nc1. The third kappa shape index (κ3) is 4.55. The van der Waals surface area contributed by atoms with Crippen molar-refractivity contribution in [1.82, 2.24) is 4.98 Å². The molecule has 1 heterocycles. The van der Waals surface area contributed by atoms with Crippen LogP contribution in [0.25, 0.3) is 0 Å². The molecule has 3 nitrogen and oxygen atoms in total. The molecule has 0 bridgehead atoms. The first-order valence-corrected chi connectivity index (χ1v) is 6.96. The first-order valence-electron chi connectivity index (χ1n) is 6.96. The molecule has 0 saturated carbocycles.